The fraction of sp³-hybridized carbons (Fsp3) is 0.286. The van der Waals surface area contributed by atoms with Gasteiger partial charge in [-0.3, -0.25) is 4.90 Å². The lowest BCUT2D eigenvalue weighted by Gasteiger charge is -2.34. The Kier molecular flexibility index (Phi) is 5.87. The zero-order chi connectivity index (χ0) is 22.1. The minimum atomic E-state index is -4.59. The van der Waals surface area contributed by atoms with Crippen molar-refractivity contribution in [2.45, 2.75) is 17.6 Å². The third-order valence-corrected chi connectivity index (χ3v) is 7.14. The SMILES string of the molecule is O=S(=O)(c1cccc(C(F)(F)F)c1)N1CCN(Cc2ccc(-n3cccn3)cc2)CC1. The molecule has 0 atom stereocenters. The number of hydrogen-bond acceptors (Lipinski definition) is 4. The topological polar surface area (TPSA) is 58.4 Å². The lowest BCUT2D eigenvalue weighted by Crippen LogP contribution is -2.48. The fourth-order valence-corrected chi connectivity index (χ4v) is 5.01. The van der Waals surface area contributed by atoms with E-state index in [0.717, 1.165) is 23.4 Å². The maximum Gasteiger partial charge on any atom is 0.416 e. The van der Waals surface area contributed by atoms with Crippen LogP contribution in [0.1, 0.15) is 11.1 Å². The van der Waals surface area contributed by atoms with Gasteiger partial charge in [-0.1, -0.05) is 18.2 Å². The summed E-state index contributed by atoms with van der Waals surface area (Å²) in [6, 6.07) is 13.7. The van der Waals surface area contributed by atoms with Crippen LogP contribution in [0.3, 0.4) is 0 Å². The van der Waals surface area contributed by atoms with E-state index in [0.29, 0.717) is 25.7 Å². The standard InChI is InChI=1S/C21H21F3N4O2S/c22-21(23,24)18-3-1-4-20(15-18)31(29,30)27-13-11-26(12-14-27)16-17-5-7-19(8-6-17)28-10-2-9-25-28/h1-10,15H,11-14,16H2. The van der Waals surface area contributed by atoms with Gasteiger partial charge >= 0.3 is 6.18 Å². The highest BCUT2D eigenvalue weighted by Crippen LogP contribution is 2.31. The molecule has 1 fully saturated rings. The molecular weight excluding hydrogens is 429 g/mol. The summed E-state index contributed by atoms with van der Waals surface area (Å²) in [5, 5.41) is 4.19. The predicted octanol–water partition coefficient (Wildman–Crippen LogP) is 3.40. The molecule has 10 heteroatoms. The molecule has 1 aliphatic rings. The van der Waals surface area contributed by atoms with Crippen LogP contribution >= 0.6 is 0 Å². The van der Waals surface area contributed by atoms with Crippen LogP contribution in [-0.4, -0.2) is 53.6 Å². The predicted molar refractivity (Wildman–Crippen MR) is 109 cm³/mol. The normalized spacial score (nSPS) is 16.5. The van der Waals surface area contributed by atoms with Crippen molar-refractivity contribution in [2.24, 2.45) is 0 Å². The van der Waals surface area contributed by atoms with Gasteiger partial charge in [0.2, 0.25) is 10.0 Å². The van der Waals surface area contributed by atoms with Crippen molar-refractivity contribution in [3.8, 4) is 5.69 Å². The van der Waals surface area contributed by atoms with Gasteiger partial charge in [-0.05, 0) is 42.0 Å². The van der Waals surface area contributed by atoms with Crippen LogP contribution in [0, 0.1) is 0 Å². The van der Waals surface area contributed by atoms with E-state index in [9.17, 15) is 21.6 Å². The van der Waals surface area contributed by atoms with Gasteiger partial charge in [0, 0.05) is 45.1 Å². The summed E-state index contributed by atoms with van der Waals surface area (Å²) in [6.07, 6.45) is -1.02. The Hall–Kier alpha value is -2.69. The average molecular weight is 450 g/mol. The second-order valence-corrected chi connectivity index (χ2v) is 9.26. The lowest BCUT2D eigenvalue weighted by atomic mass is 10.2. The number of hydrogen-bond donors (Lipinski definition) is 0. The Labute approximate surface area is 178 Å². The van der Waals surface area contributed by atoms with Crippen LogP contribution in [0.2, 0.25) is 0 Å². The van der Waals surface area contributed by atoms with Crippen molar-refractivity contribution in [2.75, 3.05) is 26.2 Å². The highest BCUT2D eigenvalue weighted by molar-refractivity contribution is 7.89. The first-order valence-electron chi connectivity index (χ1n) is 9.72. The number of alkyl halides is 3. The second kappa shape index (κ2) is 8.45. The van der Waals surface area contributed by atoms with E-state index in [1.807, 2.05) is 36.5 Å². The molecule has 3 aromatic rings. The van der Waals surface area contributed by atoms with Gasteiger partial charge in [-0.15, -0.1) is 0 Å². The molecular formula is C21H21F3N4O2S. The van der Waals surface area contributed by atoms with Gasteiger partial charge in [0.15, 0.2) is 0 Å². The molecule has 0 radical (unpaired) electrons. The van der Waals surface area contributed by atoms with Crippen molar-refractivity contribution in [1.82, 2.24) is 19.0 Å². The molecule has 0 unspecified atom stereocenters. The van der Waals surface area contributed by atoms with Gasteiger partial charge < -0.3 is 0 Å². The Morgan fingerprint density at radius 3 is 2.26 bits per heavy atom. The maximum atomic E-state index is 12.9. The van der Waals surface area contributed by atoms with E-state index < -0.39 is 21.8 Å². The van der Waals surface area contributed by atoms with E-state index in [1.165, 1.54) is 10.4 Å². The van der Waals surface area contributed by atoms with E-state index in [-0.39, 0.29) is 18.0 Å². The van der Waals surface area contributed by atoms with E-state index in [4.69, 9.17) is 0 Å². The van der Waals surface area contributed by atoms with Crippen LogP contribution in [-0.2, 0) is 22.7 Å². The summed E-state index contributed by atoms with van der Waals surface area (Å²) >= 11 is 0. The van der Waals surface area contributed by atoms with Crippen molar-refractivity contribution in [3.63, 3.8) is 0 Å². The van der Waals surface area contributed by atoms with Crippen molar-refractivity contribution in [3.05, 3.63) is 78.1 Å². The van der Waals surface area contributed by atoms with Gasteiger partial charge in [0.25, 0.3) is 0 Å². The Bertz CT molecular complexity index is 1120. The van der Waals surface area contributed by atoms with E-state index in [2.05, 4.69) is 10.00 Å². The molecule has 1 aromatic heterocycles. The molecule has 1 aliphatic heterocycles. The van der Waals surface area contributed by atoms with Crippen LogP contribution in [0.15, 0.2) is 71.9 Å². The minimum Gasteiger partial charge on any atom is -0.296 e. The molecule has 0 bridgehead atoms. The van der Waals surface area contributed by atoms with Gasteiger partial charge in [0.05, 0.1) is 16.1 Å². The molecule has 0 amide bonds. The molecule has 31 heavy (non-hydrogen) atoms. The number of piperazine rings is 1. The number of nitrogens with zero attached hydrogens (tertiary/aromatic N) is 4. The largest absolute Gasteiger partial charge is 0.416 e. The zero-order valence-electron chi connectivity index (χ0n) is 16.5. The summed E-state index contributed by atoms with van der Waals surface area (Å²) in [4.78, 5) is 1.80. The highest BCUT2D eigenvalue weighted by Gasteiger charge is 2.34. The monoisotopic (exact) mass is 450 g/mol. The van der Waals surface area contributed by atoms with Crippen molar-refractivity contribution in [1.29, 1.82) is 0 Å². The third kappa shape index (κ3) is 4.81. The van der Waals surface area contributed by atoms with Gasteiger partial charge in [-0.25, -0.2) is 13.1 Å². The minimum absolute atomic E-state index is 0.226. The van der Waals surface area contributed by atoms with Crippen molar-refractivity contribution < 1.29 is 21.6 Å². The Balaban J connectivity index is 1.38. The van der Waals surface area contributed by atoms with Crippen LogP contribution < -0.4 is 0 Å². The van der Waals surface area contributed by atoms with Crippen LogP contribution in [0.25, 0.3) is 5.69 Å². The summed E-state index contributed by atoms with van der Waals surface area (Å²) in [5.41, 5.74) is 1.07. The molecule has 4 rings (SSSR count). The van der Waals surface area contributed by atoms with Gasteiger partial charge in [-0.2, -0.15) is 22.6 Å². The highest BCUT2D eigenvalue weighted by atomic mass is 32.2. The van der Waals surface area contributed by atoms with E-state index >= 15 is 0 Å². The quantitative estimate of drug-likeness (QED) is 0.598. The number of halogens is 3. The number of aromatic nitrogens is 2. The maximum absolute atomic E-state index is 12.9. The Morgan fingerprint density at radius 1 is 0.935 bits per heavy atom. The summed E-state index contributed by atoms with van der Waals surface area (Å²) in [6.45, 7) is 2.11. The second-order valence-electron chi connectivity index (χ2n) is 7.32. The molecule has 0 N–H and O–H groups in total. The first kappa shape index (κ1) is 21.5. The van der Waals surface area contributed by atoms with Crippen molar-refractivity contribution >= 4 is 10.0 Å². The molecule has 2 aromatic carbocycles. The number of benzene rings is 2. The molecule has 2 heterocycles. The molecule has 0 saturated carbocycles. The number of rotatable bonds is 5. The van der Waals surface area contributed by atoms with Crippen LogP contribution in [0.4, 0.5) is 13.2 Å². The zero-order valence-corrected chi connectivity index (χ0v) is 17.4. The molecule has 0 spiro atoms. The fourth-order valence-electron chi connectivity index (χ4n) is 3.54. The van der Waals surface area contributed by atoms with Crippen LogP contribution in [0.5, 0.6) is 0 Å². The van der Waals surface area contributed by atoms with Gasteiger partial charge in [0.1, 0.15) is 0 Å². The first-order chi connectivity index (χ1) is 14.7. The molecule has 1 saturated heterocycles. The lowest BCUT2D eigenvalue weighted by molar-refractivity contribution is -0.137. The summed E-state index contributed by atoms with van der Waals surface area (Å²) in [7, 11) is -3.97. The molecule has 164 valence electrons. The first-order valence-corrected chi connectivity index (χ1v) is 11.2. The average Bonchev–Trinajstić information content (AvgIpc) is 3.29. The number of sulfonamides is 1. The molecule has 6 nitrogen and oxygen atoms in total. The third-order valence-electron chi connectivity index (χ3n) is 5.24. The molecule has 0 aliphatic carbocycles. The Morgan fingerprint density at radius 2 is 1.65 bits per heavy atom. The summed E-state index contributed by atoms with van der Waals surface area (Å²) < 4.78 is 67.5. The summed E-state index contributed by atoms with van der Waals surface area (Å²) in [5.74, 6) is 0. The van der Waals surface area contributed by atoms with E-state index in [1.54, 1.807) is 10.9 Å². The smallest absolute Gasteiger partial charge is 0.296 e.